The molecule has 5 nitrogen and oxygen atoms in total. The van der Waals surface area contributed by atoms with Crippen molar-refractivity contribution in [1.82, 2.24) is 0 Å². The third-order valence-electron chi connectivity index (χ3n) is 4.96. The van der Waals surface area contributed by atoms with Gasteiger partial charge in [0.05, 0.1) is 11.1 Å². The number of hydrogen-bond acceptors (Lipinski definition) is 5. The van der Waals surface area contributed by atoms with Crippen molar-refractivity contribution >= 4 is 79.1 Å². The summed E-state index contributed by atoms with van der Waals surface area (Å²) in [7, 11) is 0. The predicted molar refractivity (Wildman–Crippen MR) is 153 cm³/mol. The van der Waals surface area contributed by atoms with Gasteiger partial charge >= 0.3 is 5.97 Å². The van der Waals surface area contributed by atoms with E-state index in [0.29, 0.717) is 30.6 Å². The smallest absolute Gasteiger partial charge is 0.363 e. The number of nitrogens with zero attached hydrogens (tertiary/aromatic N) is 1. The Labute approximate surface area is 234 Å². The van der Waals surface area contributed by atoms with Crippen LogP contribution in [0.5, 0.6) is 11.5 Å². The Morgan fingerprint density at radius 2 is 1.82 bits per heavy atom. The Hall–Kier alpha value is -1.92. The number of hydrogen-bond donors (Lipinski definition) is 0. The number of esters is 1. The zero-order chi connectivity index (χ0) is 24.2. The van der Waals surface area contributed by atoms with Gasteiger partial charge in [0.2, 0.25) is 5.90 Å². The second-order valence-electron chi connectivity index (χ2n) is 7.48. The SMILES string of the molecule is CCOc1cc(/C=C2\N=C(c3ccc(I)c(C)c3)OC2=O)cc(Br)c1OCc1ccc(I)cc1. The number of aliphatic imine (C=N–C) groups is 1. The molecule has 0 saturated carbocycles. The molecule has 0 radical (unpaired) electrons. The summed E-state index contributed by atoms with van der Waals surface area (Å²) in [4.78, 5) is 16.9. The predicted octanol–water partition coefficient (Wildman–Crippen LogP) is 7.29. The van der Waals surface area contributed by atoms with Crippen LogP contribution in [0.4, 0.5) is 0 Å². The molecule has 0 unspecified atom stereocenters. The lowest BCUT2D eigenvalue weighted by molar-refractivity contribution is -0.129. The first-order chi connectivity index (χ1) is 16.3. The molecule has 0 saturated heterocycles. The Morgan fingerprint density at radius 3 is 2.53 bits per heavy atom. The maximum Gasteiger partial charge on any atom is 0.363 e. The third-order valence-corrected chi connectivity index (χ3v) is 7.48. The average molecular weight is 744 g/mol. The van der Waals surface area contributed by atoms with Crippen LogP contribution < -0.4 is 9.47 Å². The van der Waals surface area contributed by atoms with Crippen LogP contribution >= 0.6 is 61.1 Å². The van der Waals surface area contributed by atoms with Crippen molar-refractivity contribution in [3.63, 3.8) is 0 Å². The first-order valence-corrected chi connectivity index (χ1v) is 13.4. The van der Waals surface area contributed by atoms with Gasteiger partial charge in [-0.15, -0.1) is 0 Å². The highest BCUT2D eigenvalue weighted by atomic mass is 127. The highest BCUT2D eigenvalue weighted by molar-refractivity contribution is 14.1. The summed E-state index contributed by atoms with van der Waals surface area (Å²) in [6.45, 7) is 4.80. The van der Waals surface area contributed by atoms with Crippen LogP contribution in [0, 0.1) is 14.1 Å². The van der Waals surface area contributed by atoms with Crippen molar-refractivity contribution in [2.45, 2.75) is 20.5 Å². The van der Waals surface area contributed by atoms with Crippen molar-refractivity contribution in [1.29, 1.82) is 0 Å². The van der Waals surface area contributed by atoms with Crippen LogP contribution in [-0.4, -0.2) is 18.5 Å². The van der Waals surface area contributed by atoms with Crippen LogP contribution in [0.1, 0.15) is 29.2 Å². The molecular formula is C26H20BrI2NO4. The highest BCUT2D eigenvalue weighted by Crippen LogP contribution is 2.38. The Morgan fingerprint density at radius 1 is 1.06 bits per heavy atom. The highest BCUT2D eigenvalue weighted by Gasteiger charge is 2.25. The first kappa shape index (κ1) is 25.2. The van der Waals surface area contributed by atoms with Gasteiger partial charge in [0.25, 0.3) is 0 Å². The van der Waals surface area contributed by atoms with Gasteiger partial charge < -0.3 is 14.2 Å². The zero-order valence-electron chi connectivity index (χ0n) is 18.4. The quantitative estimate of drug-likeness (QED) is 0.145. The molecule has 0 fully saturated rings. The lowest BCUT2D eigenvalue weighted by Crippen LogP contribution is -2.05. The molecule has 0 amide bonds. The summed E-state index contributed by atoms with van der Waals surface area (Å²) in [5.41, 5.74) is 3.90. The van der Waals surface area contributed by atoms with E-state index < -0.39 is 5.97 Å². The van der Waals surface area contributed by atoms with Crippen molar-refractivity contribution in [3.05, 3.63) is 94.2 Å². The minimum Gasteiger partial charge on any atom is -0.490 e. The van der Waals surface area contributed by atoms with Gasteiger partial charge in [0.1, 0.15) is 6.61 Å². The van der Waals surface area contributed by atoms with Gasteiger partial charge in [-0.1, -0.05) is 12.1 Å². The van der Waals surface area contributed by atoms with Gasteiger partial charge in [0.15, 0.2) is 17.2 Å². The van der Waals surface area contributed by atoms with E-state index in [9.17, 15) is 4.79 Å². The summed E-state index contributed by atoms with van der Waals surface area (Å²) >= 11 is 8.13. The van der Waals surface area contributed by atoms with Crippen molar-refractivity contribution in [3.8, 4) is 11.5 Å². The molecular weight excluding hydrogens is 724 g/mol. The number of carbonyl (C=O) groups is 1. The molecule has 0 bridgehead atoms. The average Bonchev–Trinajstić information content (AvgIpc) is 3.16. The minimum absolute atomic E-state index is 0.230. The molecule has 0 aromatic heterocycles. The number of halogens is 3. The molecule has 0 atom stereocenters. The van der Waals surface area contributed by atoms with Crippen molar-refractivity contribution in [2.75, 3.05) is 6.61 Å². The summed E-state index contributed by atoms with van der Waals surface area (Å²) in [5.74, 6) is 1.00. The molecule has 0 N–H and O–H groups in total. The first-order valence-electron chi connectivity index (χ1n) is 10.5. The van der Waals surface area contributed by atoms with E-state index in [4.69, 9.17) is 14.2 Å². The standard InChI is InChI=1S/C26H20BrI2NO4/c1-3-32-23-13-17(11-20(27)24(23)33-14-16-4-7-19(28)8-5-16)12-22-26(31)34-25(30-22)18-6-9-21(29)15(2)10-18/h4-13H,3,14H2,1-2H3/b22-12-. The van der Waals surface area contributed by atoms with Gasteiger partial charge in [-0.2, -0.15) is 0 Å². The molecule has 8 heteroatoms. The van der Waals surface area contributed by atoms with Crippen molar-refractivity contribution in [2.24, 2.45) is 4.99 Å². The summed E-state index contributed by atoms with van der Waals surface area (Å²) < 4.78 is 20.4. The summed E-state index contributed by atoms with van der Waals surface area (Å²) in [5, 5.41) is 0. The third kappa shape index (κ3) is 6.01. The Kier molecular flexibility index (Phi) is 8.30. The van der Waals surface area contributed by atoms with E-state index in [1.54, 1.807) is 6.08 Å². The fourth-order valence-electron chi connectivity index (χ4n) is 3.28. The maximum absolute atomic E-state index is 12.5. The molecule has 34 heavy (non-hydrogen) atoms. The van der Waals surface area contributed by atoms with E-state index >= 15 is 0 Å². The van der Waals surface area contributed by atoms with Crippen LogP contribution in [0.2, 0.25) is 0 Å². The van der Waals surface area contributed by atoms with E-state index in [2.05, 4.69) is 66.1 Å². The molecule has 1 aliphatic heterocycles. The van der Waals surface area contributed by atoms with Crippen molar-refractivity contribution < 1.29 is 19.0 Å². The van der Waals surface area contributed by atoms with Gasteiger partial charge in [-0.25, -0.2) is 9.79 Å². The molecule has 0 spiro atoms. The molecule has 174 valence electrons. The summed E-state index contributed by atoms with van der Waals surface area (Å²) in [6, 6.07) is 17.7. The van der Waals surface area contributed by atoms with Gasteiger partial charge in [0, 0.05) is 12.7 Å². The van der Waals surface area contributed by atoms with E-state index in [0.717, 1.165) is 30.3 Å². The maximum atomic E-state index is 12.5. The molecule has 0 aliphatic carbocycles. The monoisotopic (exact) mass is 743 g/mol. The number of ether oxygens (including phenoxy) is 3. The van der Waals surface area contributed by atoms with Crippen LogP contribution in [0.15, 0.2) is 69.8 Å². The largest absolute Gasteiger partial charge is 0.490 e. The lowest BCUT2D eigenvalue weighted by atomic mass is 10.1. The number of benzene rings is 3. The Bertz CT molecular complexity index is 1300. The van der Waals surface area contributed by atoms with E-state index in [-0.39, 0.29) is 5.70 Å². The molecule has 1 heterocycles. The molecule has 1 aliphatic rings. The number of cyclic esters (lactones) is 1. The molecule has 4 rings (SSSR count). The second-order valence-corrected chi connectivity index (χ2v) is 10.7. The zero-order valence-corrected chi connectivity index (χ0v) is 24.3. The fourth-order valence-corrected chi connectivity index (χ4v) is 4.55. The van der Waals surface area contributed by atoms with E-state index in [1.165, 1.54) is 3.57 Å². The minimum atomic E-state index is -0.487. The van der Waals surface area contributed by atoms with Gasteiger partial charge in [-0.05, 0) is 140 Å². The van der Waals surface area contributed by atoms with Crippen LogP contribution in [0.3, 0.4) is 0 Å². The lowest BCUT2D eigenvalue weighted by Gasteiger charge is -2.15. The van der Waals surface area contributed by atoms with Gasteiger partial charge in [-0.3, -0.25) is 0 Å². The fraction of sp³-hybridized carbons (Fsp3) is 0.154. The van der Waals surface area contributed by atoms with E-state index in [1.807, 2.05) is 68.4 Å². The summed E-state index contributed by atoms with van der Waals surface area (Å²) in [6.07, 6.45) is 1.69. The normalized spacial score (nSPS) is 14.2. The topological polar surface area (TPSA) is 57.1 Å². The number of rotatable bonds is 7. The molecule has 3 aromatic rings. The molecule has 3 aromatic carbocycles. The van der Waals surface area contributed by atoms with Crippen LogP contribution in [0.25, 0.3) is 6.08 Å². The Balaban J connectivity index is 1.61. The van der Waals surface area contributed by atoms with Crippen LogP contribution in [-0.2, 0) is 16.1 Å². The number of carbonyl (C=O) groups excluding carboxylic acids is 1. The number of aryl methyl sites for hydroxylation is 1. The second kappa shape index (κ2) is 11.2.